The molecule has 0 fully saturated rings. The normalized spacial score (nSPS) is 12.5. The molecule has 11 heavy (non-hydrogen) atoms. The van der Waals surface area contributed by atoms with Crippen LogP contribution in [0.4, 0.5) is 0 Å². The Morgan fingerprint density at radius 2 is 1.82 bits per heavy atom. The van der Waals surface area contributed by atoms with E-state index in [0.717, 1.165) is 5.92 Å². The van der Waals surface area contributed by atoms with E-state index in [0.29, 0.717) is 0 Å². The summed E-state index contributed by atoms with van der Waals surface area (Å²) in [4.78, 5) is 0. The van der Waals surface area contributed by atoms with Crippen LogP contribution in [0.25, 0.3) is 0 Å². The van der Waals surface area contributed by atoms with Gasteiger partial charge in [0, 0.05) is 0 Å². The predicted octanol–water partition coefficient (Wildman–Crippen LogP) is 2.89. The molecule has 0 unspecified atom stereocenters. The van der Waals surface area contributed by atoms with Gasteiger partial charge in [-0.05, 0) is 0 Å². The molecule has 0 saturated heterocycles. The van der Waals surface area contributed by atoms with Crippen molar-refractivity contribution < 1.29 is 3.07 Å². The molecule has 0 bridgehead atoms. The fourth-order valence-corrected chi connectivity index (χ4v) is 4.13. The van der Waals surface area contributed by atoms with Gasteiger partial charge < -0.3 is 0 Å². The standard InChI is InChI=1S/C5H11.C4H9O.Sn/c1-4-5(2)3;1-4(2,3)5;/h5H,1,4H2,2-3H3;1-3H3;/q;-1;+1. The van der Waals surface area contributed by atoms with Crippen LogP contribution in [0.15, 0.2) is 0 Å². The summed E-state index contributed by atoms with van der Waals surface area (Å²) in [6, 6.07) is 0. The zero-order chi connectivity index (χ0) is 8.91. The summed E-state index contributed by atoms with van der Waals surface area (Å²) in [5.41, 5.74) is 0.114. The summed E-state index contributed by atoms with van der Waals surface area (Å²) in [6.07, 6.45) is 1.35. The maximum absolute atomic E-state index is 5.75. The summed E-state index contributed by atoms with van der Waals surface area (Å²) in [5.74, 6) is 0.847. The maximum atomic E-state index is 5.75. The Bertz CT molecular complexity index is 94.2. The molecule has 0 aliphatic carbocycles. The van der Waals surface area contributed by atoms with Gasteiger partial charge in [0.05, 0.1) is 0 Å². The Hall–Kier alpha value is 0.759. The van der Waals surface area contributed by atoms with E-state index in [1.54, 1.807) is 0 Å². The van der Waals surface area contributed by atoms with Gasteiger partial charge in [-0.25, -0.2) is 0 Å². The summed E-state index contributed by atoms with van der Waals surface area (Å²) in [5, 5.41) is 0. The van der Waals surface area contributed by atoms with Crippen LogP contribution >= 0.6 is 0 Å². The molecule has 0 aromatic heterocycles. The van der Waals surface area contributed by atoms with E-state index in [1.807, 2.05) is 0 Å². The minimum atomic E-state index is -0.491. The van der Waals surface area contributed by atoms with Crippen molar-refractivity contribution >= 4 is 21.6 Å². The van der Waals surface area contributed by atoms with Crippen LogP contribution in [0.3, 0.4) is 0 Å². The minimum absolute atomic E-state index is 0.114. The second kappa shape index (κ2) is 5.41. The molecule has 0 saturated carbocycles. The first kappa shape index (κ1) is 11.8. The van der Waals surface area contributed by atoms with Crippen LogP contribution < -0.4 is 0 Å². The van der Waals surface area contributed by atoms with E-state index in [9.17, 15) is 0 Å². The summed E-state index contributed by atoms with van der Waals surface area (Å²) < 4.78 is 7.11. The van der Waals surface area contributed by atoms with Gasteiger partial charge >= 0.3 is 81.6 Å². The van der Waals surface area contributed by atoms with E-state index in [2.05, 4.69) is 34.6 Å². The van der Waals surface area contributed by atoms with Gasteiger partial charge in [0.15, 0.2) is 0 Å². The molecule has 0 atom stereocenters. The van der Waals surface area contributed by atoms with Gasteiger partial charge in [0.2, 0.25) is 0 Å². The molecule has 0 aromatic carbocycles. The van der Waals surface area contributed by atoms with Gasteiger partial charge in [0.1, 0.15) is 0 Å². The quantitative estimate of drug-likeness (QED) is 0.559. The zero-order valence-corrected chi connectivity index (χ0v) is 11.3. The number of hydrogen-bond donors (Lipinski definition) is 0. The van der Waals surface area contributed by atoms with E-state index in [1.165, 1.54) is 10.9 Å². The van der Waals surface area contributed by atoms with Crippen molar-refractivity contribution in [1.82, 2.24) is 0 Å². The summed E-state index contributed by atoms with van der Waals surface area (Å²) in [6.45, 7) is 11.0. The molecule has 0 amide bonds. The number of hydrogen-bond acceptors (Lipinski definition) is 1. The monoisotopic (exact) mass is 264 g/mol. The zero-order valence-electron chi connectivity index (χ0n) is 8.40. The van der Waals surface area contributed by atoms with Crippen molar-refractivity contribution in [3.63, 3.8) is 0 Å². The van der Waals surface area contributed by atoms with E-state index < -0.39 is 21.6 Å². The Kier molecular flexibility index (Phi) is 5.79. The van der Waals surface area contributed by atoms with Crippen LogP contribution in [0, 0.1) is 5.92 Å². The van der Waals surface area contributed by atoms with Gasteiger partial charge in [-0.15, -0.1) is 0 Å². The molecule has 0 aromatic rings. The molecule has 0 heterocycles. The molecular weight excluding hydrogens is 243 g/mol. The van der Waals surface area contributed by atoms with Crippen LogP contribution in [0.2, 0.25) is 4.44 Å². The van der Waals surface area contributed by atoms with Crippen LogP contribution in [0.5, 0.6) is 0 Å². The first-order chi connectivity index (χ1) is 4.92. The molecule has 66 valence electrons. The van der Waals surface area contributed by atoms with Crippen molar-refractivity contribution in [2.45, 2.75) is 51.1 Å². The van der Waals surface area contributed by atoms with E-state index in [-0.39, 0.29) is 5.60 Å². The Morgan fingerprint density at radius 1 is 1.27 bits per heavy atom. The van der Waals surface area contributed by atoms with Crippen molar-refractivity contribution in [2.75, 3.05) is 0 Å². The predicted molar refractivity (Wildman–Crippen MR) is 50.9 cm³/mol. The fraction of sp³-hybridized carbons (Fsp3) is 1.00. The van der Waals surface area contributed by atoms with Gasteiger partial charge in [-0.2, -0.15) is 0 Å². The summed E-state index contributed by atoms with van der Waals surface area (Å²) >= 11 is -0.491. The third kappa shape index (κ3) is 10.8. The van der Waals surface area contributed by atoms with E-state index in [4.69, 9.17) is 3.07 Å². The second-order valence-electron chi connectivity index (χ2n) is 4.29. The number of rotatable bonds is 4. The molecule has 0 aliphatic rings. The Balaban J connectivity index is 3.15. The Labute approximate surface area is 81.7 Å². The molecule has 1 nitrogen and oxygen atoms in total. The third-order valence-electron chi connectivity index (χ3n) is 1.20. The summed E-state index contributed by atoms with van der Waals surface area (Å²) in [7, 11) is 0. The van der Waals surface area contributed by atoms with Gasteiger partial charge in [-0.1, -0.05) is 0 Å². The van der Waals surface area contributed by atoms with Crippen molar-refractivity contribution in [3.05, 3.63) is 0 Å². The molecule has 0 N–H and O–H groups in total. The van der Waals surface area contributed by atoms with Gasteiger partial charge in [0.25, 0.3) is 0 Å². The SMILES string of the molecule is CC(C)C[CH2][Sn][O]C(C)(C)C. The Morgan fingerprint density at radius 3 is 2.18 bits per heavy atom. The topological polar surface area (TPSA) is 9.23 Å². The average Bonchev–Trinajstić information content (AvgIpc) is 1.78. The van der Waals surface area contributed by atoms with Crippen molar-refractivity contribution in [1.29, 1.82) is 0 Å². The van der Waals surface area contributed by atoms with Crippen LogP contribution in [-0.4, -0.2) is 27.2 Å². The molecule has 2 radical (unpaired) electrons. The molecule has 0 rings (SSSR count). The van der Waals surface area contributed by atoms with Crippen molar-refractivity contribution in [2.24, 2.45) is 5.92 Å². The third-order valence-corrected chi connectivity index (χ3v) is 4.77. The molecule has 2 heteroatoms. The fourth-order valence-electron chi connectivity index (χ4n) is 0.615. The second-order valence-corrected chi connectivity index (χ2v) is 7.12. The van der Waals surface area contributed by atoms with Crippen molar-refractivity contribution in [3.8, 4) is 0 Å². The first-order valence-corrected chi connectivity index (χ1v) is 7.51. The molecule has 0 spiro atoms. The van der Waals surface area contributed by atoms with E-state index >= 15 is 0 Å². The van der Waals surface area contributed by atoms with Gasteiger partial charge in [-0.3, -0.25) is 0 Å². The first-order valence-electron chi connectivity index (χ1n) is 4.32. The van der Waals surface area contributed by atoms with Crippen LogP contribution in [0.1, 0.15) is 41.0 Å². The molecular formula is C9H20OSn. The van der Waals surface area contributed by atoms with Crippen LogP contribution in [-0.2, 0) is 3.07 Å². The average molecular weight is 263 g/mol. The molecule has 0 aliphatic heterocycles.